The molecule has 1 heterocycles. The highest BCUT2D eigenvalue weighted by molar-refractivity contribution is 5.66. The summed E-state index contributed by atoms with van der Waals surface area (Å²) in [7, 11) is 0. The molecule has 0 aliphatic rings. The molecule has 0 N–H and O–H groups in total. The molecule has 0 spiro atoms. The van der Waals surface area contributed by atoms with Gasteiger partial charge in [0.25, 0.3) is 0 Å². The predicted molar refractivity (Wildman–Crippen MR) is 152 cm³/mol. The fourth-order valence-electron chi connectivity index (χ4n) is 4.55. The fourth-order valence-corrected chi connectivity index (χ4v) is 4.55. The standard InChI is InChI=1S/C33H39N3/c1-22(2)19-25-7-13-28(14-8-25)31-34-32(29-15-9-26(10-16-29)20-23(3)4)36-33(35-31)30-17-11-27(12-18-30)21-24(5)6/h7-18,22-24H,19-21H2,1-6H3. The van der Waals surface area contributed by atoms with Crippen molar-refractivity contribution in [1.29, 1.82) is 0 Å². The number of benzene rings is 3. The number of nitrogens with zero attached hydrogens (tertiary/aromatic N) is 3. The topological polar surface area (TPSA) is 38.7 Å². The van der Waals surface area contributed by atoms with Crippen molar-refractivity contribution < 1.29 is 0 Å². The van der Waals surface area contributed by atoms with Gasteiger partial charge < -0.3 is 0 Å². The molecule has 3 aromatic carbocycles. The Bertz CT molecular complexity index is 1080. The van der Waals surface area contributed by atoms with Crippen LogP contribution in [0, 0.1) is 17.8 Å². The number of hydrogen-bond acceptors (Lipinski definition) is 3. The van der Waals surface area contributed by atoms with E-state index in [1.807, 2.05) is 0 Å². The second-order valence-electron chi connectivity index (χ2n) is 11.2. The molecular weight excluding hydrogens is 438 g/mol. The summed E-state index contributed by atoms with van der Waals surface area (Å²) in [6.07, 6.45) is 3.21. The monoisotopic (exact) mass is 477 g/mol. The summed E-state index contributed by atoms with van der Waals surface area (Å²) in [5, 5.41) is 0. The molecule has 0 unspecified atom stereocenters. The van der Waals surface area contributed by atoms with Gasteiger partial charge in [-0.2, -0.15) is 0 Å². The molecule has 0 saturated carbocycles. The molecule has 3 nitrogen and oxygen atoms in total. The first-order chi connectivity index (χ1) is 17.3. The molecular formula is C33H39N3. The van der Waals surface area contributed by atoms with Crippen molar-refractivity contribution in [3.05, 3.63) is 89.5 Å². The number of aromatic nitrogens is 3. The molecule has 3 heteroatoms. The minimum absolute atomic E-state index is 0.628. The van der Waals surface area contributed by atoms with Gasteiger partial charge in [0.15, 0.2) is 17.5 Å². The lowest BCUT2D eigenvalue weighted by molar-refractivity contribution is 0.647. The van der Waals surface area contributed by atoms with Gasteiger partial charge in [-0.15, -0.1) is 0 Å². The molecule has 4 rings (SSSR count). The normalized spacial score (nSPS) is 11.6. The highest BCUT2D eigenvalue weighted by Gasteiger charge is 2.13. The molecule has 0 aliphatic heterocycles. The average molecular weight is 478 g/mol. The minimum Gasteiger partial charge on any atom is -0.208 e. The Morgan fingerprint density at radius 3 is 0.806 bits per heavy atom. The van der Waals surface area contributed by atoms with E-state index in [1.165, 1.54) is 16.7 Å². The average Bonchev–Trinajstić information content (AvgIpc) is 2.84. The van der Waals surface area contributed by atoms with E-state index in [2.05, 4.69) is 114 Å². The Hall–Kier alpha value is -3.33. The van der Waals surface area contributed by atoms with E-state index in [9.17, 15) is 0 Å². The lowest BCUT2D eigenvalue weighted by atomic mass is 10.0. The van der Waals surface area contributed by atoms with Gasteiger partial charge in [-0.1, -0.05) is 114 Å². The van der Waals surface area contributed by atoms with Crippen molar-refractivity contribution in [2.45, 2.75) is 60.8 Å². The van der Waals surface area contributed by atoms with Crippen LogP contribution in [0.1, 0.15) is 58.2 Å². The Morgan fingerprint density at radius 1 is 0.389 bits per heavy atom. The Labute approximate surface area is 217 Å². The second kappa shape index (κ2) is 11.6. The molecule has 0 fully saturated rings. The largest absolute Gasteiger partial charge is 0.208 e. The maximum absolute atomic E-state index is 4.92. The number of rotatable bonds is 9. The minimum atomic E-state index is 0.628. The third kappa shape index (κ3) is 6.87. The van der Waals surface area contributed by atoms with E-state index >= 15 is 0 Å². The van der Waals surface area contributed by atoms with Crippen LogP contribution in [-0.4, -0.2) is 15.0 Å². The van der Waals surface area contributed by atoms with Crippen molar-refractivity contribution >= 4 is 0 Å². The van der Waals surface area contributed by atoms with Crippen molar-refractivity contribution in [1.82, 2.24) is 15.0 Å². The van der Waals surface area contributed by atoms with Crippen LogP contribution >= 0.6 is 0 Å². The molecule has 0 atom stereocenters. The summed E-state index contributed by atoms with van der Waals surface area (Å²) in [5.74, 6) is 4.02. The Balaban J connectivity index is 1.74. The van der Waals surface area contributed by atoms with Gasteiger partial charge in [0, 0.05) is 16.7 Å². The van der Waals surface area contributed by atoms with E-state index in [0.717, 1.165) is 36.0 Å². The lowest BCUT2D eigenvalue weighted by Crippen LogP contribution is -2.01. The third-order valence-electron chi connectivity index (χ3n) is 6.20. The molecule has 1 aromatic heterocycles. The van der Waals surface area contributed by atoms with E-state index in [4.69, 9.17) is 15.0 Å². The number of hydrogen-bond donors (Lipinski definition) is 0. The van der Waals surface area contributed by atoms with Crippen LogP contribution in [0.4, 0.5) is 0 Å². The first-order valence-corrected chi connectivity index (χ1v) is 13.3. The third-order valence-corrected chi connectivity index (χ3v) is 6.20. The summed E-state index contributed by atoms with van der Waals surface area (Å²) in [4.78, 5) is 14.7. The van der Waals surface area contributed by atoms with Crippen molar-refractivity contribution in [2.24, 2.45) is 17.8 Å². The fraction of sp³-hybridized carbons (Fsp3) is 0.364. The summed E-state index contributed by atoms with van der Waals surface area (Å²) in [6.45, 7) is 13.5. The van der Waals surface area contributed by atoms with E-state index < -0.39 is 0 Å². The summed E-state index contributed by atoms with van der Waals surface area (Å²) < 4.78 is 0. The zero-order valence-electron chi connectivity index (χ0n) is 22.6. The smallest absolute Gasteiger partial charge is 0.164 e. The lowest BCUT2D eigenvalue weighted by Gasteiger charge is -2.11. The van der Waals surface area contributed by atoms with Crippen LogP contribution in [-0.2, 0) is 19.3 Å². The highest BCUT2D eigenvalue weighted by Crippen LogP contribution is 2.26. The molecule has 0 saturated heterocycles. The molecule has 36 heavy (non-hydrogen) atoms. The second-order valence-corrected chi connectivity index (χ2v) is 11.2. The predicted octanol–water partition coefficient (Wildman–Crippen LogP) is 8.47. The Kier molecular flexibility index (Phi) is 8.30. The quantitative estimate of drug-likeness (QED) is 0.243. The van der Waals surface area contributed by atoms with Crippen LogP contribution in [0.5, 0.6) is 0 Å². The first-order valence-electron chi connectivity index (χ1n) is 13.3. The summed E-state index contributed by atoms with van der Waals surface area (Å²) >= 11 is 0. The molecule has 0 amide bonds. The zero-order chi connectivity index (χ0) is 25.7. The molecule has 186 valence electrons. The Morgan fingerprint density at radius 2 is 0.611 bits per heavy atom. The van der Waals surface area contributed by atoms with Gasteiger partial charge in [-0.3, -0.25) is 0 Å². The van der Waals surface area contributed by atoms with Crippen LogP contribution in [0.15, 0.2) is 72.8 Å². The highest BCUT2D eigenvalue weighted by atomic mass is 15.0. The van der Waals surface area contributed by atoms with Crippen LogP contribution in [0.3, 0.4) is 0 Å². The van der Waals surface area contributed by atoms with Gasteiger partial charge in [0.1, 0.15) is 0 Å². The SMILES string of the molecule is CC(C)Cc1ccc(-c2nc(-c3ccc(CC(C)C)cc3)nc(-c3ccc(CC(C)C)cc3)n2)cc1. The van der Waals surface area contributed by atoms with Crippen LogP contribution in [0.2, 0.25) is 0 Å². The van der Waals surface area contributed by atoms with Gasteiger partial charge in [0.2, 0.25) is 0 Å². The summed E-state index contributed by atoms with van der Waals surface area (Å²) in [6, 6.07) is 26.0. The van der Waals surface area contributed by atoms with Crippen molar-refractivity contribution in [2.75, 3.05) is 0 Å². The van der Waals surface area contributed by atoms with E-state index in [-0.39, 0.29) is 0 Å². The van der Waals surface area contributed by atoms with Gasteiger partial charge >= 0.3 is 0 Å². The maximum atomic E-state index is 4.92. The maximum Gasteiger partial charge on any atom is 0.164 e. The summed E-state index contributed by atoms with van der Waals surface area (Å²) in [5.41, 5.74) is 7.06. The van der Waals surface area contributed by atoms with E-state index in [1.54, 1.807) is 0 Å². The molecule has 0 aliphatic carbocycles. The van der Waals surface area contributed by atoms with Crippen LogP contribution in [0.25, 0.3) is 34.2 Å². The zero-order valence-corrected chi connectivity index (χ0v) is 22.6. The van der Waals surface area contributed by atoms with Crippen LogP contribution < -0.4 is 0 Å². The van der Waals surface area contributed by atoms with Gasteiger partial charge in [-0.05, 0) is 53.7 Å². The van der Waals surface area contributed by atoms with Crippen molar-refractivity contribution in [3.8, 4) is 34.2 Å². The molecule has 0 radical (unpaired) electrons. The van der Waals surface area contributed by atoms with Gasteiger partial charge in [0.05, 0.1) is 0 Å². The first kappa shape index (κ1) is 25.8. The molecule has 4 aromatic rings. The van der Waals surface area contributed by atoms with E-state index in [0.29, 0.717) is 35.2 Å². The van der Waals surface area contributed by atoms with Crippen molar-refractivity contribution in [3.63, 3.8) is 0 Å². The molecule has 0 bridgehead atoms. The van der Waals surface area contributed by atoms with Gasteiger partial charge in [-0.25, -0.2) is 15.0 Å².